The third-order valence-electron chi connectivity index (χ3n) is 6.11. The zero-order valence-corrected chi connectivity index (χ0v) is 19.6. The van der Waals surface area contributed by atoms with E-state index < -0.39 is 0 Å². The van der Waals surface area contributed by atoms with E-state index in [1.54, 1.807) is 30.1 Å². The Balaban J connectivity index is 1.71. The molecule has 0 radical (unpaired) electrons. The van der Waals surface area contributed by atoms with Crippen LogP contribution < -0.4 is 15.0 Å². The van der Waals surface area contributed by atoms with Gasteiger partial charge < -0.3 is 20.1 Å². The number of hydrogen-bond acceptors (Lipinski definition) is 7. The van der Waals surface area contributed by atoms with E-state index >= 15 is 0 Å². The van der Waals surface area contributed by atoms with Crippen molar-refractivity contribution in [3.05, 3.63) is 46.7 Å². The van der Waals surface area contributed by atoms with Gasteiger partial charge in [0.25, 0.3) is 5.91 Å². The lowest BCUT2D eigenvalue weighted by Gasteiger charge is -2.63. The lowest BCUT2D eigenvalue weighted by Crippen LogP contribution is -2.74. The topological polar surface area (TPSA) is 111 Å². The Bertz CT molecular complexity index is 1020. The molecule has 2 N–H and O–H groups in total. The van der Waals surface area contributed by atoms with Crippen LogP contribution in [0.2, 0.25) is 5.02 Å². The molecule has 1 aromatic heterocycles. The van der Waals surface area contributed by atoms with Gasteiger partial charge in [-0.15, -0.1) is 0 Å². The van der Waals surface area contributed by atoms with Gasteiger partial charge in [0.1, 0.15) is 17.9 Å². The number of nitriles is 1. The smallest absolute Gasteiger partial charge is 0.254 e. The van der Waals surface area contributed by atoms with E-state index in [2.05, 4.69) is 15.3 Å². The highest BCUT2D eigenvalue weighted by atomic mass is 35.5. The molecule has 9 heteroatoms. The zero-order chi connectivity index (χ0) is 23.7. The number of aliphatic hydroxyl groups is 1. The fourth-order valence-electron chi connectivity index (χ4n) is 4.70. The molecule has 0 unspecified atom stereocenters. The van der Waals surface area contributed by atoms with E-state index in [4.69, 9.17) is 26.7 Å². The number of carbonyl (C=O) groups excluding carboxylic acids is 1. The van der Waals surface area contributed by atoms with Crippen LogP contribution in [0.4, 0.5) is 5.95 Å². The summed E-state index contributed by atoms with van der Waals surface area (Å²) >= 11 is 6.14. The van der Waals surface area contributed by atoms with Crippen LogP contribution in [0.5, 0.6) is 5.75 Å². The summed E-state index contributed by atoms with van der Waals surface area (Å²) in [6, 6.07) is 6.89. The summed E-state index contributed by atoms with van der Waals surface area (Å²) < 4.78 is 6.25. The number of anilines is 1. The molecule has 1 fully saturated rings. The standard InChI is InChI=1S/C23H28ClN5O3/c1-22(2)19(28-18(31)15-12-26-21(27-13-15)29(5)8-9-30)23(3,4)20(22)32-16-7-6-14(11-25)17(24)10-16/h6-7,10,12-13,19-20,30H,8-9H2,1-5H3,(H,28,31). The maximum Gasteiger partial charge on any atom is 0.254 e. The fraction of sp³-hybridized carbons (Fsp3) is 0.478. The van der Waals surface area contributed by atoms with E-state index in [1.165, 1.54) is 12.4 Å². The minimum atomic E-state index is -0.359. The van der Waals surface area contributed by atoms with E-state index in [1.807, 2.05) is 33.8 Å². The first-order valence-electron chi connectivity index (χ1n) is 10.3. The van der Waals surface area contributed by atoms with E-state index in [-0.39, 0.29) is 35.5 Å². The summed E-state index contributed by atoms with van der Waals surface area (Å²) in [5.74, 6) is 0.766. The second-order valence-corrected chi connectivity index (χ2v) is 9.62. The first kappa shape index (κ1) is 23.8. The van der Waals surface area contributed by atoms with Crippen LogP contribution in [0.3, 0.4) is 0 Å². The monoisotopic (exact) mass is 457 g/mol. The molecule has 1 aliphatic carbocycles. The third-order valence-corrected chi connectivity index (χ3v) is 6.42. The van der Waals surface area contributed by atoms with Gasteiger partial charge in [0.05, 0.1) is 22.8 Å². The number of nitrogens with one attached hydrogen (secondary N) is 1. The summed E-state index contributed by atoms with van der Waals surface area (Å²) in [6.07, 6.45) is 2.78. The van der Waals surface area contributed by atoms with Crippen LogP contribution >= 0.6 is 11.6 Å². The highest BCUT2D eigenvalue weighted by Crippen LogP contribution is 2.55. The molecular weight excluding hydrogens is 430 g/mol. The third kappa shape index (κ3) is 4.36. The SMILES string of the molecule is CN(CCO)c1ncc(C(=O)NC2C(C)(C)C(Oc3ccc(C#N)c(Cl)c3)C2(C)C)cn1. The minimum Gasteiger partial charge on any atom is -0.489 e. The van der Waals surface area contributed by atoms with Crippen molar-refractivity contribution in [1.82, 2.24) is 15.3 Å². The molecule has 1 amide bonds. The van der Waals surface area contributed by atoms with Gasteiger partial charge in [0, 0.05) is 48.9 Å². The predicted octanol–water partition coefficient (Wildman–Crippen LogP) is 3.04. The van der Waals surface area contributed by atoms with Crippen LogP contribution in [0.15, 0.2) is 30.6 Å². The van der Waals surface area contributed by atoms with Gasteiger partial charge in [0.2, 0.25) is 5.95 Å². The number of nitrogens with zero attached hydrogens (tertiary/aromatic N) is 4. The molecule has 0 spiro atoms. The highest BCUT2D eigenvalue weighted by Gasteiger charge is 2.64. The molecular formula is C23H28ClN5O3. The largest absolute Gasteiger partial charge is 0.489 e. The van der Waals surface area contributed by atoms with Crippen molar-refractivity contribution < 1.29 is 14.6 Å². The van der Waals surface area contributed by atoms with Crippen LogP contribution in [-0.2, 0) is 0 Å². The maximum absolute atomic E-state index is 12.9. The van der Waals surface area contributed by atoms with Gasteiger partial charge in [-0.1, -0.05) is 39.3 Å². The molecule has 1 heterocycles. The quantitative estimate of drug-likeness (QED) is 0.657. The number of carbonyl (C=O) groups is 1. The molecule has 1 aliphatic rings. The van der Waals surface area contributed by atoms with Crippen LogP contribution in [0.1, 0.15) is 43.6 Å². The van der Waals surface area contributed by atoms with Crippen molar-refractivity contribution in [3.63, 3.8) is 0 Å². The number of hydrogen-bond donors (Lipinski definition) is 2. The molecule has 170 valence electrons. The van der Waals surface area contributed by atoms with Gasteiger partial charge in [-0.2, -0.15) is 5.26 Å². The zero-order valence-electron chi connectivity index (χ0n) is 18.9. The fourth-order valence-corrected chi connectivity index (χ4v) is 4.91. The van der Waals surface area contributed by atoms with Gasteiger partial charge in [-0.3, -0.25) is 4.79 Å². The Morgan fingerprint density at radius 1 is 1.28 bits per heavy atom. The molecule has 0 aliphatic heterocycles. The molecule has 1 aromatic carbocycles. The molecule has 0 atom stereocenters. The number of amides is 1. The van der Waals surface area contributed by atoms with Crippen molar-refractivity contribution in [2.45, 2.75) is 39.8 Å². The molecule has 2 aromatic rings. The average Bonchev–Trinajstić information content (AvgIpc) is 2.75. The minimum absolute atomic E-state index is 0.00808. The molecule has 1 saturated carbocycles. The van der Waals surface area contributed by atoms with Crippen molar-refractivity contribution in [2.24, 2.45) is 10.8 Å². The lowest BCUT2D eigenvalue weighted by molar-refractivity contribution is -0.164. The average molecular weight is 458 g/mol. The maximum atomic E-state index is 12.9. The normalized spacial score (nSPS) is 20.6. The van der Waals surface area contributed by atoms with Gasteiger partial charge >= 0.3 is 0 Å². The molecule has 0 bridgehead atoms. The summed E-state index contributed by atoms with van der Waals surface area (Å²) in [5, 5.41) is 21.5. The van der Waals surface area contributed by atoms with Crippen molar-refractivity contribution in [1.29, 1.82) is 5.26 Å². The Hall–Kier alpha value is -2.89. The first-order valence-corrected chi connectivity index (χ1v) is 10.7. The summed E-state index contributed by atoms with van der Waals surface area (Å²) in [7, 11) is 1.77. The number of likely N-dealkylation sites (N-methyl/N-ethyl adjacent to an activating group) is 1. The Morgan fingerprint density at radius 2 is 1.91 bits per heavy atom. The number of ether oxygens (including phenoxy) is 1. The molecule has 3 rings (SSSR count). The summed E-state index contributed by atoms with van der Waals surface area (Å²) in [4.78, 5) is 23.0. The Morgan fingerprint density at radius 3 is 2.44 bits per heavy atom. The van der Waals surface area contributed by atoms with Gasteiger partial charge in [-0.25, -0.2) is 9.97 Å². The highest BCUT2D eigenvalue weighted by molar-refractivity contribution is 6.31. The number of aliphatic hydroxyl groups excluding tert-OH is 1. The van der Waals surface area contributed by atoms with Crippen LogP contribution in [0.25, 0.3) is 0 Å². The van der Waals surface area contributed by atoms with Crippen LogP contribution in [-0.4, -0.2) is 53.3 Å². The molecule has 0 saturated heterocycles. The van der Waals surface area contributed by atoms with Crippen molar-refractivity contribution in [2.75, 3.05) is 25.1 Å². The molecule has 8 nitrogen and oxygen atoms in total. The second kappa shape index (κ2) is 8.93. The summed E-state index contributed by atoms with van der Waals surface area (Å²) in [6.45, 7) is 8.57. The number of rotatable bonds is 7. The first-order chi connectivity index (χ1) is 15.0. The van der Waals surface area contributed by atoms with E-state index in [0.29, 0.717) is 34.4 Å². The van der Waals surface area contributed by atoms with Gasteiger partial charge in [-0.05, 0) is 12.1 Å². The van der Waals surface area contributed by atoms with E-state index in [9.17, 15) is 4.79 Å². The second-order valence-electron chi connectivity index (χ2n) is 9.22. The summed E-state index contributed by atoms with van der Waals surface area (Å²) in [5.41, 5.74) is 0.0386. The van der Waals surface area contributed by atoms with Crippen molar-refractivity contribution in [3.8, 4) is 11.8 Å². The Kier molecular flexibility index (Phi) is 6.63. The molecule has 32 heavy (non-hydrogen) atoms. The Labute approximate surface area is 193 Å². The number of benzene rings is 1. The van der Waals surface area contributed by atoms with E-state index in [0.717, 1.165) is 0 Å². The van der Waals surface area contributed by atoms with Gasteiger partial charge in [0.15, 0.2) is 0 Å². The lowest BCUT2D eigenvalue weighted by atomic mass is 9.49. The van der Waals surface area contributed by atoms with Crippen molar-refractivity contribution >= 4 is 23.5 Å². The predicted molar refractivity (Wildman–Crippen MR) is 122 cm³/mol. The van der Waals surface area contributed by atoms with Crippen LogP contribution in [0, 0.1) is 22.2 Å². The number of halogens is 1. The number of aromatic nitrogens is 2.